The molecule has 1 aromatic carbocycles. The average molecular weight is 313 g/mol. The van der Waals surface area contributed by atoms with Crippen LogP contribution >= 0.6 is 0 Å². The van der Waals surface area contributed by atoms with Crippen molar-refractivity contribution in [2.24, 2.45) is 0 Å². The van der Waals surface area contributed by atoms with Crippen LogP contribution in [-0.2, 0) is 11.3 Å². The van der Waals surface area contributed by atoms with E-state index in [-0.39, 0.29) is 18.5 Å². The quantitative estimate of drug-likeness (QED) is 0.777. The van der Waals surface area contributed by atoms with E-state index in [2.05, 4.69) is 15.0 Å². The van der Waals surface area contributed by atoms with Crippen molar-refractivity contribution in [3.63, 3.8) is 0 Å². The molecule has 3 rings (SSSR count). The van der Waals surface area contributed by atoms with Crippen LogP contribution in [0, 0.1) is 0 Å². The molecule has 0 aliphatic rings. The Hall–Kier alpha value is -3.09. The first kappa shape index (κ1) is 14.8. The van der Waals surface area contributed by atoms with Gasteiger partial charge in [-0.1, -0.05) is 35.5 Å². The Morgan fingerprint density at radius 3 is 2.74 bits per heavy atom. The molecule has 2 aromatic heterocycles. The summed E-state index contributed by atoms with van der Waals surface area (Å²) in [6, 6.07) is 12.3. The second-order valence-electron chi connectivity index (χ2n) is 5.03. The Kier molecular flexibility index (Phi) is 4.09. The van der Waals surface area contributed by atoms with Gasteiger partial charge in [0.25, 0.3) is 0 Å². The van der Waals surface area contributed by atoms with Gasteiger partial charge in [0.2, 0.25) is 5.91 Å². The van der Waals surface area contributed by atoms with Gasteiger partial charge in [0, 0.05) is 5.56 Å². The van der Waals surface area contributed by atoms with E-state index < -0.39 is 5.76 Å². The Morgan fingerprint density at radius 1 is 1.26 bits per heavy atom. The molecule has 7 nitrogen and oxygen atoms in total. The lowest BCUT2D eigenvalue weighted by Crippen LogP contribution is -2.32. The number of furan rings is 1. The van der Waals surface area contributed by atoms with E-state index in [1.165, 1.54) is 10.8 Å². The minimum absolute atomic E-state index is 0.183. The summed E-state index contributed by atoms with van der Waals surface area (Å²) in [5, 5.41) is 6.51. The maximum absolute atomic E-state index is 12.2. The highest BCUT2D eigenvalue weighted by atomic mass is 16.5. The predicted octanol–water partition coefficient (Wildman–Crippen LogP) is 1.97. The van der Waals surface area contributed by atoms with E-state index in [9.17, 15) is 9.59 Å². The highest BCUT2D eigenvalue weighted by Gasteiger charge is 2.17. The number of nitrogens with one attached hydrogen (secondary N) is 1. The van der Waals surface area contributed by atoms with Gasteiger partial charge in [0.1, 0.15) is 12.3 Å². The maximum Gasteiger partial charge on any atom is 0.442 e. The summed E-state index contributed by atoms with van der Waals surface area (Å²) < 4.78 is 11.1. The number of benzene rings is 1. The van der Waals surface area contributed by atoms with Crippen LogP contribution < -0.4 is 11.1 Å². The zero-order valence-corrected chi connectivity index (χ0v) is 12.4. The third kappa shape index (κ3) is 3.23. The third-order valence-electron chi connectivity index (χ3n) is 3.37. The van der Waals surface area contributed by atoms with E-state index in [0.29, 0.717) is 17.1 Å². The molecule has 1 N–H and O–H groups in total. The molecule has 3 aromatic rings. The molecule has 0 fully saturated rings. The van der Waals surface area contributed by atoms with E-state index >= 15 is 0 Å². The zero-order valence-electron chi connectivity index (χ0n) is 12.4. The molecule has 1 amide bonds. The van der Waals surface area contributed by atoms with Crippen molar-refractivity contribution in [1.29, 1.82) is 0 Å². The maximum atomic E-state index is 12.2. The van der Waals surface area contributed by atoms with Crippen LogP contribution in [0.4, 0.5) is 0 Å². The van der Waals surface area contributed by atoms with Crippen LogP contribution in [0.2, 0.25) is 0 Å². The van der Waals surface area contributed by atoms with Crippen molar-refractivity contribution in [2.75, 3.05) is 0 Å². The standard InChI is InChI=1S/C16H15N3O4/c1-11(13-8-5-9-22-13)17-14(20)10-19-15(18-23-16(19)21)12-6-3-2-4-7-12/h2-9,11H,10H2,1H3,(H,17,20)/t11-/m0/s1. The molecule has 2 heterocycles. The monoisotopic (exact) mass is 313 g/mol. The van der Waals surface area contributed by atoms with Crippen LogP contribution in [0.1, 0.15) is 18.7 Å². The molecule has 0 saturated heterocycles. The number of hydrogen-bond acceptors (Lipinski definition) is 5. The zero-order chi connectivity index (χ0) is 16.2. The molecule has 0 spiro atoms. The minimum atomic E-state index is -0.676. The summed E-state index contributed by atoms with van der Waals surface area (Å²) >= 11 is 0. The molecule has 0 aliphatic heterocycles. The normalized spacial score (nSPS) is 12.0. The van der Waals surface area contributed by atoms with Crippen LogP contribution in [0.3, 0.4) is 0 Å². The lowest BCUT2D eigenvalue weighted by Gasteiger charge is -2.11. The van der Waals surface area contributed by atoms with Crippen LogP contribution in [0.25, 0.3) is 11.4 Å². The van der Waals surface area contributed by atoms with Gasteiger partial charge in [-0.3, -0.25) is 9.32 Å². The second-order valence-corrected chi connectivity index (χ2v) is 5.03. The van der Waals surface area contributed by atoms with Crippen LogP contribution in [0.5, 0.6) is 0 Å². The SMILES string of the molecule is C[C@H](NC(=O)Cn1c(-c2ccccc2)noc1=O)c1ccco1. The molecule has 1 atom stereocenters. The van der Waals surface area contributed by atoms with Gasteiger partial charge < -0.3 is 9.73 Å². The molecule has 0 radical (unpaired) electrons. The number of rotatable bonds is 5. The van der Waals surface area contributed by atoms with Gasteiger partial charge in [-0.05, 0) is 19.1 Å². The average Bonchev–Trinajstić information content (AvgIpc) is 3.19. The van der Waals surface area contributed by atoms with Crippen LogP contribution in [0.15, 0.2) is 62.5 Å². The van der Waals surface area contributed by atoms with E-state index in [1.54, 1.807) is 31.2 Å². The highest BCUT2D eigenvalue weighted by molar-refractivity contribution is 5.76. The summed E-state index contributed by atoms with van der Waals surface area (Å²) in [7, 11) is 0. The molecule has 0 aliphatic carbocycles. The third-order valence-corrected chi connectivity index (χ3v) is 3.37. The lowest BCUT2D eigenvalue weighted by molar-refractivity contribution is -0.122. The fourth-order valence-corrected chi connectivity index (χ4v) is 2.24. The van der Waals surface area contributed by atoms with Crippen molar-refractivity contribution < 1.29 is 13.7 Å². The summed E-state index contributed by atoms with van der Waals surface area (Å²) in [6.07, 6.45) is 1.54. The Bertz CT molecular complexity index is 834. The first-order valence-corrected chi connectivity index (χ1v) is 7.10. The number of amides is 1. The molecule has 7 heteroatoms. The molecule has 0 bridgehead atoms. The second kappa shape index (κ2) is 6.35. The van der Waals surface area contributed by atoms with E-state index in [1.807, 2.05) is 18.2 Å². The van der Waals surface area contributed by atoms with Crippen molar-refractivity contribution in [2.45, 2.75) is 19.5 Å². The molecule has 118 valence electrons. The topological polar surface area (TPSA) is 90.3 Å². The molecular weight excluding hydrogens is 298 g/mol. The molecular formula is C16H15N3O4. The molecule has 0 unspecified atom stereocenters. The van der Waals surface area contributed by atoms with Gasteiger partial charge >= 0.3 is 5.76 Å². The van der Waals surface area contributed by atoms with Crippen molar-refractivity contribution >= 4 is 5.91 Å². The number of nitrogens with zero attached hydrogens (tertiary/aromatic N) is 2. The number of carbonyl (C=O) groups excluding carboxylic acids is 1. The highest BCUT2D eigenvalue weighted by Crippen LogP contribution is 2.15. The minimum Gasteiger partial charge on any atom is -0.467 e. The first-order chi connectivity index (χ1) is 11.1. The number of hydrogen-bond donors (Lipinski definition) is 1. The smallest absolute Gasteiger partial charge is 0.442 e. The Labute approximate surface area is 131 Å². The van der Waals surface area contributed by atoms with Crippen molar-refractivity contribution in [3.05, 3.63) is 65.0 Å². The summed E-state index contributed by atoms with van der Waals surface area (Å²) in [6.45, 7) is 1.61. The van der Waals surface area contributed by atoms with Gasteiger partial charge in [-0.25, -0.2) is 9.36 Å². The van der Waals surface area contributed by atoms with Crippen molar-refractivity contribution in [1.82, 2.24) is 15.0 Å². The molecule has 23 heavy (non-hydrogen) atoms. The summed E-state index contributed by atoms with van der Waals surface area (Å²) in [5.41, 5.74) is 0.699. The van der Waals surface area contributed by atoms with Crippen LogP contribution in [-0.4, -0.2) is 15.6 Å². The van der Waals surface area contributed by atoms with Gasteiger partial charge in [0.05, 0.1) is 12.3 Å². The summed E-state index contributed by atoms with van der Waals surface area (Å²) in [4.78, 5) is 24.0. The van der Waals surface area contributed by atoms with Gasteiger partial charge in [-0.15, -0.1) is 0 Å². The summed E-state index contributed by atoms with van der Waals surface area (Å²) in [5.74, 6) is -0.0586. The van der Waals surface area contributed by atoms with E-state index in [4.69, 9.17) is 4.42 Å². The van der Waals surface area contributed by atoms with Gasteiger partial charge in [-0.2, -0.15) is 0 Å². The number of carbonyl (C=O) groups is 1. The lowest BCUT2D eigenvalue weighted by atomic mass is 10.2. The fraction of sp³-hybridized carbons (Fsp3) is 0.188. The first-order valence-electron chi connectivity index (χ1n) is 7.10. The molecule has 0 saturated carbocycles. The van der Waals surface area contributed by atoms with Gasteiger partial charge in [0.15, 0.2) is 5.82 Å². The van der Waals surface area contributed by atoms with Crippen molar-refractivity contribution in [3.8, 4) is 11.4 Å². The largest absolute Gasteiger partial charge is 0.467 e. The van der Waals surface area contributed by atoms with E-state index in [0.717, 1.165) is 0 Å². The number of aromatic nitrogens is 2. The predicted molar refractivity (Wildman–Crippen MR) is 81.5 cm³/mol. The Morgan fingerprint density at radius 2 is 2.04 bits per heavy atom. The Balaban J connectivity index is 1.77. The fourth-order valence-electron chi connectivity index (χ4n) is 2.24.